The van der Waals surface area contributed by atoms with E-state index < -0.39 is 4.92 Å². The van der Waals surface area contributed by atoms with E-state index in [1.807, 2.05) is 4.90 Å². The third kappa shape index (κ3) is 4.34. The predicted molar refractivity (Wildman–Crippen MR) is 114 cm³/mol. The lowest BCUT2D eigenvalue weighted by Gasteiger charge is -2.28. The van der Waals surface area contributed by atoms with Crippen LogP contribution in [0.4, 0.5) is 5.69 Å². The number of ether oxygens (including phenoxy) is 2. The van der Waals surface area contributed by atoms with E-state index in [2.05, 4.69) is 5.32 Å². The molecule has 1 amide bonds. The SMILES string of the molecule is COc1ccc(Oc2ccc([N+](=O)[O-])cc2C(=O)N2C3CCNCC2CC3)cc1.Cl. The van der Waals surface area contributed by atoms with E-state index in [9.17, 15) is 14.9 Å². The van der Waals surface area contributed by atoms with Crippen molar-refractivity contribution in [3.05, 3.63) is 58.1 Å². The van der Waals surface area contributed by atoms with Gasteiger partial charge in [-0.05, 0) is 56.1 Å². The van der Waals surface area contributed by atoms with Gasteiger partial charge in [0.1, 0.15) is 17.2 Å². The van der Waals surface area contributed by atoms with Gasteiger partial charge in [-0.3, -0.25) is 14.9 Å². The predicted octanol–water partition coefficient (Wildman–Crippen LogP) is 3.78. The minimum absolute atomic E-state index is 0. The molecule has 30 heavy (non-hydrogen) atoms. The molecule has 2 aromatic carbocycles. The standard InChI is InChI=1S/C21H23N3O5.ClH/c1-28-17-5-7-18(8-6-17)29-20-9-4-15(24(26)27)12-19(20)21(25)23-14-2-3-16(23)13-22-11-10-14;/h4-9,12,14,16,22H,2-3,10-11,13H2,1H3;1H. The van der Waals surface area contributed by atoms with Crippen molar-refractivity contribution in [2.24, 2.45) is 0 Å². The lowest BCUT2D eigenvalue weighted by Crippen LogP contribution is -2.42. The molecule has 2 aromatic rings. The second kappa shape index (κ2) is 9.32. The number of nitrogens with zero attached hydrogens (tertiary/aromatic N) is 2. The highest BCUT2D eigenvalue weighted by atomic mass is 35.5. The molecule has 2 aliphatic heterocycles. The Bertz CT molecular complexity index is 907. The summed E-state index contributed by atoms with van der Waals surface area (Å²) in [5.41, 5.74) is 0.0875. The first kappa shape index (κ1) is 21.9. The van der Waals surface area contributed by atoms with E-state index in [-0.39, 0.29) is 41.6 Å². The molecule has 2 unspecified atom stereocenters. The van der Waals surface area contributed by atoms with Crippen LogP contribution in [-0.4, -0.2) is 48.0 Å². The average molecular weight is 434 g/mol. The summed E-state index contributed by atoms with van der Waals surface area (Å²) in [6.07, 6.45) is 2.78. The number of halogens is 1. The fraction of sp³-hybridized carbons (Fsp3) is 0.381. The summed E-state index contributed by atoms with van der Waals surface area (Å²) in [7, 11) is 1.58. The van der Waals surface area contributed by atoms with Crippen LogP contribution >= 0.6 is 12.4 Å². The molecular formula is C21H24ClN3O5. The summed E-state index contributed by atoms with van der Waals surface area (Å²) >= 11 is 0. The molecule has 4 rings (SSSR count). The Morgan fingerprint density at radius 3 is 2.50 bits per heavy atom. The number of methoxy groups -OCH3 is 1. The van der Waals surface area contributed by atoms with Crippen molar-refractivity contribution in [1.82, 2.24) is 10.2 Å². The van der Waals surface area contributed by atoms with Crippen molar-refractivity contribution < 1.29 is 19.2 Å². The Morgan fingerprint density at radius 1 is 1.10 bits per heavy atom. The van der Waals surface area contributed by atoms with Gasteiger partial charge in [-0.25, -0.2) is 0 Å². The van der Waals surface area contributed by atoms with E-state index in [1.165, 1.54) is 18.2 Å². The van der Waals surface area contributed by atoms with Crippen LogP contribution in [0.1, 0.15) is 29.6 Å². The fourth-order valence-electron chi connectivity index (χ4n) is 4.11. The molecule has 0 spiro atoms. The lowest BCUT2D eigenvalue weighted by atomic mass is 10.1. The van der Waals surface area contributed by atoms with Crippen LogP contribution in [0.5, 0.6) is 17.2 Å². The summed E-state index contributed by atoms with van der Waals surface area (Å²) in [6.45, 7) is 1.61. The van der Waals surface area contributed by atoms with Gasteiger partial charge in [0, 0.05) is 30.8 Å². The first-order valence-electron chi connectivity index (χ1n) is 9.70. The Labute approximate surface area is 180 Å². The number of nitro groups is 1. The minimum Gasteiger partial charge on any atom is -0.497 e. The summed E-state index contributed by atoms with van der Waals surface area (Å²) in [5.74, 6) is 1.30. The quantitative estimate of drug-likeness (QED) is 0.569. The van der Waals surface area contributed by atoms with Crippen LogP contribution in [0, 0.1) is 10.1 Å². The van der Waals surface area contributed by atoms with Crippen LogP contribution in [0.3, 0.4) is 0 Å². The second-order valence-corrected chi connectivity index (χ2v) is 7.31. The molecule has 8 nitrogen and oxygen atoms in total. The third-order valence-corrected chi connectivity index (χ3v) is 5.58. The Hall–Kier alpha value is -2.84. The topological polar surface area (TPSA) is 93.9 Å². The van der Waals surface area contributed by atoms with Gasteiger partial charge >= 0.3 is 0 Å². The lowest BCUT2D eigenvalue weighted by molar-refractivity contribution is -0.384. The fourth-order valence-corrected chi connectivity index (χ4v) is 4.11. The molecule has 0 aromatic heterocycles. The summed E-state index contributed by atoms with van der Waals surface area (Å²) in [6, 6.07) is 11.4. The normalized spacial score (nSPS) is 20.1. The zero-order chi connectivity index (χ0) is 20.4. The van der Waals surface area contributed by atoms with Gasteiger partial charge in [-0.2, -0.15) is 0 Å². The van der Waals surface area contributed by atoms with Crippen molar-refractivity contribution in [2.45, 2.75) is 31.3 Å². The Balaban J connectivity index is 0.00000256. The third-order valence-electron chi connectivity index (χ3n) is 5.58. The van der Waals surface area contributed by atoms with E-state index in [1.54, 1.807) is 31.4 Å². The van der Waals surface area contributed by atoms with E-state index in [0.29, 0.717) is 17.2 Å². The maximum Gasteiger partial charge on any atom is 0.270 e. The van der Waals surface area contributed by atoms with Crippen molar-refractivity contribution in [3.8, 4) is 17.2 Å². The highest BCUT2D eigenvalue weighted by Gasteiger charge is 2.39. The second-order valence-electron chi connectivity index (χ2n) is 7.31. The molecular weight excluding hydrogens is 410 g/mol. The van der Waals surface area contributed by atoms with Gasteiger partial charge in [0.15, 0.2) is 0 Å². The van der Waals surface area contributed by atoms with Crippen molar-refractivity contribution in [3.63, 3.8) is 0 Å². The number of carbonyl (C=O) groups is 1. The van der Waals surface area contributed by atoms with Gasteiger partial charge in [-0.1, -0.05) is 0 Å². The maximum absolute atomic E-state index is 13.5. The Kier molecular flexibility index (Phi) is 6.79. The average Bonchev–Trinajstić information content (AvgIpc) is 3.00. The highest BCUT2D eigenvalue weighted by molar-refractivity contribution is 5.98. The summed E-state index contributed by atoms with van der Waals surface area (Å²) in [5, 5.41) is 14.7. The van der Waals surface area contributed by atoms with Crippen molar-refractivity contribution in [2.75, 3.05) is 20.2 Å². The number of hydrogen-bond acceptors (Lipinski definition) is 6. The van der Waals surface area contributed by atoms with Crippen LogP contribution in [-0.2, 0) is 0 Å². The number of non-ortho nitro benzene ring substituents is 1. The zero-order valence-electron chi connectivity index (χ0n) is 16.6. The van der Waals surface area contributed by atoms with Crippen LogP contribution in [0.25, 0.3) is 0 Å². The molecule has 2 fully saturated rings. The van der Waals surface area contributed by atoms with E-state index >= 15 is 0 Å². The molecule has 160 valence electrons. The summed E-state index contributed by atoms with van der Waals surface area (Å²) < 4.78 is 11.1. The maximum atomic E-state index is 13.5. The van der Waals surface area contributed by atoms with Crippen LogP contribution in [0.15, 0.2) is 42.5 Å². The molecule has 0 radical (unpaired) electrons. The van der Waals surface area contributed by atoms with E-state index in [0.717, 1.165) is 32.4 Å². The smallest absolute Gasteiger partial charge is 0.270 e. The zero-order valence-corrected chi connectivity index (χ0v) is 17.4. The molecule has 2 heterocycles. The molecule has 9 heteroatoms. The molecule has 2 aliphatic rings. The largest absolute Gasteiger partial charge is 0.497 e. The van der Waals surface area contributed by atoms with Gasteiger partial charge in [0.2, 0.25) is 0 Å². The highest BCUT2D eigenvalue weighted by Crippen LogP contribution is 2.35. The summed E-state index contributed by atoms with van der Waals surface area (Å²) in [4.78, 5) is 26.2. The number of amides is 1. The molecule has 0 aliphatic carbocycles. The van der Waals surface area contributed by atoms with Gasteiger partial charge < -0.3 is 19.7 Å². The van der Waals surface area contributed by atoms with Crippen molar-refractivity contribution in [1.29, 1.82) is 0 Å². The molecule has 1 N–H and O–H groups in total. The van der Waals surface area contributed by atoms with E-state index in [4.69, 9.17) is 9.47 Å². The first-order valence-corrected chi connectivity index (χ1v) is 9.70. The van der Waals surface area contributed by atoms with Gasteiger partial charge in [0.25, 0.3) is 11.6 Å². The van der Waals surface area contributed by atoms with Crippen molar-refractivity contribution >= 4 is 24.0 Å². The number of nitrogens with one attached hydrogen (secondary N) is 1. The molecule has 2 saturated heterocycles. The minimum atomic E-state index is -0.494. The molecule has 2 bridgehead atoms. The number of rotatable bonds is 5. The number of carbonyl (C=O) groups excluding carboxylic acids is 1. The number of benzene rings is 2. The Morgan fingerprint density at radius 2 is 1.80 bits per heavy atom. The van der Waals surface area contributed by atoms with Gasteiger partial charge in [0.05, 0.1) is 17.6 Å². The number of fused-ring (bicyclic) bond motifs is 2. The van der Waals surface area contributed by atoms with Crippen LogP contribution < -0.4 is 14.8 Å². The molecule has 2 atom stereocenters. The van der Waals surface area contributed by atoms with Gasteiger partial charge in [-0.15, -0.1) is 12.4 Å². The number of hydrogen-bond donors (Lipinski definition) is 1. The van der Waals surface area contributed by atoms with Crippen LogP contribution in [0.2, 0.25) is 0 Å². The first-order chi connectivity index (χ1) is 14.1. The molecule has 0 saturated carbocycles. The number of nitro benzene ring substituents is 1. The monoisotopic (exact) mass is 433 g/mol.